The van der Waals surface area contributed by atoms with Gasteiger partial charge in [0.15, 0.2) is 0 Å². The first-order chi connectivity index (χ1) is 9.29. The van der Waals surface area contributed by atoms with Gasteiger partial charge in [-0.1, -0.05) is 15.9 Å². The van der Waals surface area contributed by atoms with Crippen LogP contribution in [0, 0.1) is 0 Å². The standard InChI is InChI=1S/C15H21BrN2O/c1-17-10-11-9-12(16)5-6-13(11)18-7-8-19-15-4-2-3-14(15)18/h5-6,9,14-15,17H,2-4,7-8,10H2,1H3. The first kappa shape index (κ1) is 13.4. The Labute approximate surface area is 123 Å². The first-order valence-corrected chi connectivity index (χ1v) is 7.90. The Balaban J connectivity index is 1.91. The number of hydrogen-bond donors (Lipinski definition) is 1. The van der Waals surface area contributed by atoms with Gasteiger partial charge in [-0.05, 0) is 50.1 Å². The number of nitrogens with one attached hydrogen (secondary N) is 1. The van der Waals surface area contributed by atoms with E-state index < -0.39 is 0 Å². The summed E-state index contributed by atoms with van der Waals surface area (Å²) in [7, 11) is 2.00. The van der Waals surface area contributed by atoms with Gasteiger partial charge in [0.05, 0.1) is 18.8 Å². The van der Waals surface area contributed by atoms with Crippen molar-refractivity contribution in [3.8, 4) is 0 Å². The van der Waals surface area contributed by atoms with E-state index in [-0.39, 0.29) is 0 Å². The van der Waals surface area contributed by atoms with Gasteiger partial charge in [-0.25, -0.2) is 0 Å². The molecule has 1 aromatic rings. The third-order valence-electron chi connectivity index (χ3n) is 4.20. The molecule has 4 heteroatoms. The van der Waals surface area contributed by atoms with E-state index in [0.717, 1.165) is 24.2 Å². The Morgan fingerprint density at radius 2 is 2.32 bits per heavy atom. The number of morpholine rings is 1. The average Bonchev–Trinajstić information content (AvgIpc) is 2.88. The Kier molecular flexibility index (Phi) is 4.10. The molecule has 1 saturated carbocycles. The van der Waals surface area contributed by atoms with E-state index >= 15 is 0 Å². The second-order valence-corrected chi connectivity index (χ2v) is 6.32. The van der Waals surface area contributed by atoms with E-state index in [2.05, 4.69) is 44.3 Å². The molecule has 1 N–H and O–H groups in total. The molecule has 19 heavy (non-hydrogen) atoms. The lowest BCUT2D eigenvalue weighted by atomic mass is 10.1. The van der Waals surface area contributed by atoms with E-state index in [9.17, 15) is 0 Å². The van der Waals surface area contributed by atoms with Gasteiger partial charge < -0.3 is 15.0 Å². The van der Waals surface area contributed by atoms with Crippen LogP contribution in [0.25, 0.3) is 0 Å². The van der Waals surface area contributed by atoms with Crippen molar-refractivity contribution >= 4 is 21.6 Å². The quantitative estimate of drug-likeness (QED) is 0.925. The lowest BCUT2D eigenvalue weighted by Crippen LogP contribution is -2.49. The summed E-state index contributed by atoms with van der Waals surface area (Å²) < 4.78 is 7.06. The number of anilines is 1. The minimum absolute atomic E-state index is 0.444. The summed E-state index contributed by atoms with van der Waals surface area (Å²) in [6.45, 7) is 2.78. The van der Waals surface area contributed by atoms with Crippen molar-refractivity contribution in [3.05, 3.63) is 28.2 Å². The van der Waals surface area contributed by atoms with Crippen LogP contribution >= 0.6 is 15.9 Å². The molecule has 0 radical (unpaired) electrons. The van der Waals surface area contributed by atoms with Gasteiger partial charge in [0.25, 0.3) is 0 Å². The highest BCUT2D eigenvalue weighted by molar-refractivity contribution is 9.10. The van der Waals surface area contributed by atoms with Gasteiger partial charge in [0.1, 0.15) is 0 Å². The highest BCUT2D eigenvalue weighted by Crippen LogP contribution is 2.35. The summed E-state index contributed by atoms with van der Waals surface area (Å²) in [5.74, 6) is 0. The molecule has 3 rings (SSSR count). The molecule has 2 fully saturated rings. The third-order valence-corrected chi connectivity index (χ3v) is 4.69. The number of nitrogens with zero attached hydrogens (tertiary/aromatic N) is 1. The van der Waals surface area contributed by atoms with Crippen molar-refractivity contribution in [3.63, 3.8) is 0 Å². The number of rotatable bonds is 3. The van der Waals surface area contributed by atoms with Crippen LogP contribution in [0.3, 0.4) is 0 Å². The molecule has 1 aromatic carbocycles. The first-order valence-electron chi connectivity index (χ1n) is 7.11. The van der Waals surface area contributed by atoms with E-state index in [1.165, 1.54) is 30.5 Å². The predicted molar refractivity (Wildman–Crippen MR) is 81.6 cm³/mol. The highest BCUT2D eigenvalue weighted by atomic mass is 79.9. The molecular formula is C15H21BrN2O. The molecule has 0 aromatic heterocycles. The van der Waals surface area contributed by atoms with Crippen LogP contribution in [-0.4, -0.2) is 32.3 Å². The van der Waals surface area contributed by atoms with Crippen LogP contribution in [0.15, 0.2) is 22.7 Å². The summed E-state index contributed by atoms with van der Waals surface area (Å²) >= 11 is 3.58. The lowest BCUT2D eigenvalue weighted by Gasteiger charge is -2.40. The van der Waals surface area contributed by atoms with Gasteiger partial charge in [-0.2, -0.15) is 0 Å². The smallest absolute Gasteiger partial charge is 0.0779 e. The molecule has 2 aliphatic rings. The summed E-state index contributed by atoms with van der Waals surface area (Å²) in [6, 6.07) is 7.20. The summed E-state index contributed by atoms with van der Waals surface area (Å²) in [4.78, 5) is 2.57. The van der Waals surface area contributed by atoms with Crippen LogP contribution < -0.4 is 10.2 Å². The molecule has 2 unspecified atom stereocenters. The predicted octanol–water partition coefficient (Wildman–Crippen LogP) is 2.93. The molecule has 1 aliphatic carbocycles. The second kappa shape index (κ2) is 5.81. The molecule has 1 aliphatic heterocycles. The number of hydrogen-bond acceptors (Lipinski definition) is 3. The molecule has 1 heterocycles. The molecule has 0 spiro atoms. The monoisotopic (exact) mass is 324 g/mol. The molecule has 104 valence electrons. The fraction of sp³-hybridized carbons (Fsp3) is 0.600. The number of ether oxygens (including phenoxy) is 1. The van der Waals surface area contributed by atoms with Crippen molar-refractivity contribution in [1.29, 1.82) is 0 Å². The minimum Gasteiger partial charge on any atom is -0.374 e. The number of benzene rings is 1. The number of fused-ring (bicyclic) bond motifs is 1. The Morgan fingerprint density at radius 1 is 1.42 bits per heavy atom. The SMILES string of the molecule is CNCc1cc(Br)ccc1N1CCOC2CCCC21. The Morgan fingerprint density at radius 3 is 3.16 bits per heavy atom. The van der Waals surface area contributed by atoms with E-state index in [4.69, 9.17) is 4.74 Å². The van der Waals surface area contributed by atoms with Crippen LogP contribution in [0.1, 0.15) is 24.8 Å². The zero-order valence-electron chi connectivity index (χ0n) is 11.4. The van der Waals surface area contributed by atoms with E-state index in [1.54, 1.807) is 0 Å². The van der Waals surface area contributed by atoms with E-state index in [1.807, 2.05) is 7.05 Å². The Bertz CT molecular complexity index is 452. The zero-order valence-corrected chi connectivity index (χ0v) is 12.9. The van der Waals surface area contributed by atoms with Gasteiger partial charge in [-0.15, -0.1) is 0 Å². The second-order valence-electron chi connectivity index (χ2n) is 5.40. The van der Waals surface area contributed by atoms with Crippen molar-refractivity contribution in [2.75, 3.05) is 25.1 Å². The van der Waals surface area contributed by atoms with Gasteiger partial charge in [0, 0.05) is 23.2 Å². The van der Waals surface area contributed by atoms with Crippen molar-refractivity contribution in [2.24, 2.45) is 0 Å². The topological polar surface area (TPSA) is 24.5 Å². The molecule has 0 bridgehead atoms. The van der Waals surface area contributed by atoms with E-state index in [0.29, 0.717) is 12.1 Å². The number of halogens is 1. The molecule has 1 saturated heterocycles. The van der Waals surface area contributed by atoms with Crippen LogP contribution in [0.5, 0.6) is 0 Å². The molecule has 2 atom stereocenters. The fourth-order valence-corrected chi connectivity index (χ4v) is 3.80. The minimum atomic E-state index is 0.444. The summed E-state index contributed by atoms with van der Waals surface area (Å²) in [6.07, 6.45) is 4.22. The van der Waals surface area contributed by atoms with Gasteiger partial charge in [-0.3, -0.25) is 0 Å². The van der Waals surface area contributed by atoms with Crippen LogP contribution in [-0.2, 0) is 11.3 Å². The maximum atomic E-state index is 5.91. The molecular weight excluding hydrogens is 304 g/mol. The maximum Gasteiger partial charge on any atom is 0.0779 e. The molecule has 0 amide bonds. The maximum absolute atomic E-state index is 5.91. The third kappa shape index (κ3) is 2.67. The Hall–Kier alpha value is -0.580. The normalized spacial score (nSPS) is 26.5. The average molecular weight is 325 g/mol. The molecule has 3 nitrogen and oxygen atoms in total. The fourth-order valence-electron chi connectivity index (χ4n) is 3.39. The van der Waals surface area contributed by atoms with Crippen LogP contribution in [0.2, 0.25) is 0 Å². The van der Waals surface area contributed by atoms with Crippen molar-refractivity contribution in [1.82, 2.24) is 5.32 Å². The van der Waals surface area contributed by atoms with Gasteiger partial charge >= 0.3 is 0 Å². The zero-order chi connectivity index (χ0) is 13.2. The summed E-state index contributed by atoms with van der Waals surface area (Å²) in [5.41, 5.74) is 2.74. The summed E-state index contributed by atoms with van der Waals surface area (Å²) in [5, 5.41) is 3.27. The largest absolute Gasteiger partial charge is 0.374 e. The van der Waals surface area contributed by atoms with Crippen molar-refractivity contribution in [2.45, 2.75) is 38.0 Å². The highest BCUT2D eigenvalue weighted by Gasteiger charge is 2.36. The van der Waals surface area contributed by atoms with Crippen molar-refractivity contribution < 1.29 is 4.74 Å². The van der Waals surface area contributed by atoms with Crippen LogP contribution in [0.4, 0.5) is 5.69 Å². The van der Waals surface area contributed by atoms with Gasteiger partial charge in [0.2, 0.25) is 0 Å². The lowest BCUT2D eigenvalue weighted by molar-refractivity contribution is 0.0256.